The van der Waals surface area contributed by atoms with Crippen molar-refractivity contribution >= 4 is 23.3 Å². The topological polar surface area (TPSA) is 72.5 Å². The number of nitrogens with two attached hydrogens (primary N) is 1. The maximum atomic E-state index is 12.2. The molecule has 0 aliphatic carbocycles. The second-order valence-electron chi connectivity index (χ2n) is 5.12. The molecule has 0 amide bonds. The molecule has 2 aromatic rings. The average molecular weight is 343 g/mol. The van der Waals surface area contributed by atoms with Gasteiger partial charge in [0.05, 0.1) is 17.1 Å². The standard InChI is InChI=1S/C19H21NO3S/c1-3-23-19(22)13(2)17-15(11-14-7-5-4-6-8-14)9-10-16(21)18(17)24-12-20/h4-10,21H,2-3,11-12,20H2,1H3. The van der Waals surface area contributed by atoms with Crippen molar-refractivity contribution in [3.8, 4) is 5.75 Å². The number of hydrogen-bond acceptors (Lipinski definition) is 5. The van der Waals surface area contributed by atoms with Crippen LogP contribution in [0.3, 0.4) is 0 Å². The molecule has 0 spiro atoms. The number of aromatic hydroxyl groups is 1. The van der Waals surface area contributed by atoms with E-state index in [0.717, 1.165) is 11.1 Å². The first-order valence-electron chi connectivity index (χ1n) is 7.66. The number of carbonyl (C=O) groups excluding carboxylic acids is 1. The van der Waals surface area contributed by atoms with Crippen molar-refractivity contribution in [1.82, 2.24) is 0 Å². The third-order valence-corrected chi connectivity index (χ3v) is 4.38. The lowest BCUT2D eigenvalue weighted by atomic mass is 9.95. The molecule has 0 heterocycles. The Morgan fingerprint density at radius 3 is 2.58 bits per heavy atom. The van der Waals surface area contributed by atoms with Crippen molar-refractivity contribution in [3.05, 3.63) is 65.7 Å². The second kappa shape index (κ2) is 8.57. The molecule has 2 aromatic carbocycles. The van der Waals surface area contributed by atoms with Gasteiger partial charge >= 0.3 is 5.97 Å². The summed E-state index contributed by atoms with van der Waals surface area (Å²) >= 11 is 1.28. The zero-order valence-corrected chi connectivity index (χ0v) is 14.4. The maximum Gasteiger partial charge on any atom is 0.338 e. The van der Waals surface area contributed by atoms with Crippen LogP contribution in [0.4, 0.5) is 0 Å². The summed E-state index contributed by atoms with van der Waals surface area (Å²) in [6, 6.07) is 13.3. The minimum absolute atomic E-state index is 0.0858. The van der Waals surface area contributed by atoms with Crippen molar-refractivity contribution in [2.75, 3.05) is 12.5 Å². The summed E-state index contributed by atoms with van der Waals surface area (Å²) in [5.41, 5.74) is 8.48. The average Bonchev–Trinajstić information content (AvgIpc) is 2.58. The second-order valence-corrected chi connectivity index (χ2v) is 6.15. The predicted molar refractivity (Wildman–Crippen MR) is 97.9 cm³/mol. The summed E-state index contributed by atoms with van der Waals surface area (Å²) in [6.07, 6.45) is 0.618. The van der Waals surface area contributed by atoms with Gasteiger partial charge in [-0.05, 0) is 30.5 Å². The highest BCUT2D eigenvalue weighted by atomic mass is 32.2. The van der Waals surface area contributed by atoms with Crippen LogP contribution in [0.25, 0.3) is 5.57 Å². The van der Waals surface area contributed by atoms with Crippen LogP contribution >= 0.6 is 11.8 Å². The van der Waals surface area contributed by atoms with Crippen LogP contribution in [0.1, 0.15) is 23.6 Å². The molecule has 0 bridgehead atoms. The molecule has 0 radical (unpaired) electrons. The lowest BCUT2D eigenvalue weighted by Gasteiger charge is -2.17. The summed E-state index contributed by atoms with van der Waals surface area (Å²) < 4.78 is 5.08. The number of carbonyl (C=O) groups is 1. The Morgan fingerprint density at radius 2 is 1.96 bits per heavy atom. The summed E-state index contributed by atoms with van der Waals surface area (Å²) in [4.78, 5) is 12.7. The molecule has 0 saturated carbocycles. The first-order chi connectivity index (χ1) is 11.6. The minimum atomic E-state index is -0.490. The largest absolute Gasteiger partial charge is 0.507 e. The molecule has 24 heavy (non-hydrogen) atoms. The molecule has 126 valence electrons. The molecule has 2 rings (SSSR count). The summed E-state index contributed by atoms with van der Waals surface area (Å²) in [7, 11) is 0. The highest BCUT2D eigenvalue weighted by molar-refractivity contribution is 7.99. The lowest BCUT2D eigenvalue weighted by molar-refractivity contribution is -0.136. The number of hydrogen-bond donors (Lipinski definition) is 2. The van der Waals surface area contributed by atoms with Crippen LogP contribution < -0.4 is 5.73 Å². The van der Waals surface area contributed by atoms with E-state index in [9.17, 15) is 9.90 Å². The van der Waals surface area contributed by atoms with Gasteiger partial charge in [-0.3, -0.25) is 0 Å². The van der Waals surface area contributed by atoms with Gasteiger partial charge in [-0.15, -0.1) is 11.8 Å². The van der Waals surface area contributed by atoms with E-state index in [2.05, 4.69) is 6.58 Å². The van der Waals surface area contributed by atoms with Crippen LogP contribution in [-0.2, 0) is 16.0 Å². The Morgan fingerprint density at radius 1 is 1.25 bits per heavy atom. The van der Waals surface area contributed by atoms with Crippen LogP contribution in [-0.4, -0.2) is 23.6 Å². The molecule has 4 nitrogen and oxygen atoms in total. The fourth-order valence-corrected chi connectivity index (χ4v) is 3.24. The fraction of sp³-hybridized carbons (Fsp3) is 0.211. The van der Waals surface area contributed by atoms with E-state index in [1.807, 2.05) is 36.4 Å². The number of phenolic OH excluding ortho intramolecular Hbond substituents is 1. The Balaban J connectivity index is 2.51. The third kappa shape index (κ3) is 4.19. The van der Waals surface area contributed by atoms with Gasteiger partial charge in [0.25, 0.3) is 0 Å². The van der Waals surface area contributed by atoms with E-state index < -0.39 is 5.97 Å². The highest BCUT2D eigenvalue weighted by Crippen LogP contribution is 2.38. The van der Waals surface area contributed by atoms with Gasteiger partial charge in [-0.25, -0.2) is 4.79 Å². The van der Waals surface area contributed by atoms with Crippen molar-refractivity contribution in [2.24, 2.45) is 5.73 Å². The number of rotatable bonds is 7. The van der Waals surface area contributed by atoms with E-state index in [1.54, 1.807) is 13.0 Å². The highest BCUT2D eigenvalue weighted by Gasteiger charge is 2.21. The van der Waals surface area contributed by atoms with Gasteiger partial charge in [0, 0.05) is 11.4 Å². The van der Waals surface area contributed by atoms with Crippen molar-refractivity contribution in [2.45, 2.75) is 18.2 Å². The van der Waals surface area contributed by atoms with Crippen molar-refractivity contribution < 1.29 is 14.6 Å². The monoisotopic (exact) mass is 343 g/mol. The van der Waals surface area contributed by atoms with E-state index in [-0.39, 0.29) is 23.8 Å². The molecule has 0 saturated heterocycles. The Kier molecular flexibility index (Phi) is 6.46. The number of phenols is 1. The fourth-order valence-electron chi connectivity index (χ4n) is 2.46. The molecular weight excluding hydrogens is 322 g/mol. The summed E-state index contributed by atoms with van der Waals surface area (Å²) in [5, 5.41) is 10.2. The molecule has 0 atom stereocenters. The first-order valence-corrected chi connectivity index (χ1v) is 8.65. The van der Waals surface area contributed by atoms with Crippen LogP contribution in [0.15, 0.2) is 53.9 Å². The van der Waals surface area contributed by atoms with Crippen LogP contribution in [0.2, 0.25) is 0 Å². The zero-order chi connectivity index (χ0) is 17.5. The summed E-state index contributed by atoms with van der Waals surface area (Å²) in [5.74, 6) is -0.121. The molecule has 0 aliphatic heterocycles. The van der Waals surface area contributed by atoms with E-state index in [1.165, 1.54) is 11.8 Å². The van der Waals surface area contributed by atoms with Crippen molar-refractivity contribution in [3.63, 3.8) is 0 Å². The van der Waals surface area contributed by atoms with E-state index >= 15 is 0 Å². The molecular formula is C19H21NO3S. The first kappa shape index (κ1) is 18.1. The van der Waals surface area contributed by atoms with Crippen LogP contribution in [0, 0.1) is 0 Å². The smallest absolute Gasteiger partial charge is 0.338 e. The number of ether oxygens (including phenoxy) is 1. The molecule has 0 aromatic heterocycles. The molecule has 5 heteroatoms. The van der Waals surface area contributed by atoms with Gasteiger partial charge in [-0.2, -0.15) is 0 Å². The van der Waals surface area contributed by atoms with Gasteiger partial charge in [0.1, 0.15) is 5.75 Å². The van der Waals surface area contributed by atoms with Gasteiger partial charge in [-0.1, -0.05) is 43.0 Å². The minimum Gasteiger partial charge on any atom is -0.507 e. The Bertz CT molecular complexity index is 729. The number of esters is 1. The number of thioether (sulfide) groups is 1. The molecule has 3 N–H and O–H groups in total. The van der Waals surface area contributed by atoms with E-state index in [0.29, 0.717) is 16.9 Å². The van der Waals surface area contributed by atoms with Gasteiger partial charge in [0.2, 0.25) is 0 Å². The quantitative estimate of drug-likeness (QED) is 0.348. The van der Waals surface area contributed by atoms with Crippen LogP contribution in [0.5, 0.6) is 5.75 Å². The Hall–Kier alpha value is -2.24. The molecule has 0 aliphatic rings. The van der Waals surface area contributed by atoms with Gasteiger partial charge in [0.15, 0.2) is 0 Å². The van der Waals surface area contributed by atoms with Gasteiger partial charge < -0.3 is 15.6 Å². The molecule has 0 fully saturated rings. The zero-order valence-electron chi connectivity index (χ0n) is 13.6. The van der Waals surface area contributed by atoms with Crippen molar-refractivity contribution in [1.29, 1.82) is 0 Å². The molecule has 0 unspecified atom stereocenters. The van der Waals surface area contributed by atoms with E-state index in [4.69, 9.17) is 10.5 Å². The third-order valence-electron chi connectivity index (χ3n) is 3.51. The normalized spacial score (nSPS) is 10.4. The number of benzene rings is 2. The SMILES string of the molecule is C=C(C(=O)OCC)c1c(Cc2ccccc2)ccc(O)c1SCN. The maximum absolute atomic E-state index is 12.2. The predicted octanol–water partition coefficient (Wildman–Crippen LogP) is 3.57. The summed E-state index contributed by atoms with van der Waals surface area (Å²) in [6.45, 7) is 5.90. The lowest BCUT2D eigenvalue weighted by Crippen LogP contribution is -2.10. The Labute approximate surface area is 146 Å².